The second kappa shape index (κ2) is 10.6. The highest BCUT2D eigenvalue weighted by molar-refractivity contribution is 7.89. The Kier molecular flexibility index (Phi) is 8.53. The van der Waals surface area contributed by atoms with Gasteiger partial charge in [-0.3, -0.25) is 4.99 Å². The summed E-state index contributed by atoms with van der Waals surface area (Å²) in [6, 6.07) is 6.83. The van der Waals surface area contributed by atoms with Gasteiger partial charge in [-0.2, -0.15) is 0 Å². The molecule has 0 saturated carbocycles. The van der Waals surface area contributed by atoms with E-state index in [1.165, 1.54) is 33.0 Å². The molecule has 1 aliphatic heterocycles. The Morgan fingerprint density at radius 2 is 1.85 bits per heavy atom. The van der Waals surface area contributed by atoms with E-state index in [-0.39, 0.29) is 4.90 Å². The number of likely N-dealkylation sites (tertiary alicyclic amines) is 1. The number of piperidine rings is 1. The van der Waals surface area contributed by atoms with Gasteiger partial charge in [-0.25, -0.2) is 13.1 Å². The molecule has 1 aliphatic rings. The second-order valence-corrected chi connectivity index (χ2v) is 8.97. The summed E-state index contributed by atoms with van der Waals surface area (Å²) in [6.07, 6.45) is 3.71. The Balaban J connectivity index is 1.69. The van der Waals surface area contributed by atoms with Gasteiger partial charge >= 0.3 is 0 Å². The van der Waals surface area contributed by atoms with Crippen molar-refractivity contribution in [2.75, 3.05) is 40.3 Å². The van der Waals surface area contributed by atoms with Crippen LogP contribution >= 0.6 is 0 Å². The highest BCUT2D eigenvalue weighted by Gasteiger charge is 2.14. The van der Waals surface area contributed by atoms with Crippen LogP contribution in [0, 0.1) is 5.92 Å². The first kappa shape index (κ1) is 21.7. The first-order chi connectivity index (χ1) is 12.9. The van der Waals surface area contributed by atoms with E-state index >= 15 is 0 Å². The molecule has 0 aliphatic carbocycles. The standard InChI is InChI=1S/C19H33N5O2S/c1-16-9-13-24(14-10-16)12-4-11-22-19(20-2)23-15-17-5-7-18(8-6-17)27(25,26)21-3/h5-8,16,21H,4,9-15H2,1-3H3,(H2,20,22,23). The Labute approximate surface area is 163 Å². The van der Waals surface area contributed by atoms with Crippen molar-refractivity contribution in [3.63, 3.8) is 0 Å². The highest BCUT2D eigenvalue weighted by atomic mass is 32.2. The number of rotatable bonds is 8. The summed E-state index contributed by atoms with van der Waals surface area (Å²) in [4.78, 5) is 7.05. The molecule has 0 unspecified atom stereocenters. The monoisotopic (exact) mass is 395 g/mol. The number of aliphatic imine (C=N–C) groups is 1. The molecule has 8 heteroatoms. The SMILES string of the molecule is CN=C(NCCCN1CCC(C)CC1)NCc1ccc(S(=O)(=O)NC)cc1. The molecule has 1 aromatic carbocycles. The maximum absolute atomic E-state index is 11.7. The maximum Gasteiger partial charge on any atom is 0.240 e. The third-order valence-electron chi connectivity index (χ3n) is 5.01. The van der Waals surface area contributed by atoms with Gasteiger partial charge in [-0.05, 0) is 69.6 Å². The van der Waals surface area contributed by atoms with E-state index in [4.69, 9.17) is 0 Å². The minimum absolute atomic E-state index is 0.267. The van der Waals surface area contributed by atoms with Gasteiger partial charge in [0.2, 0.25) is 10.0 Å². The molecule has 27 heavy (non-hydrogen) atoms. The van der Waals surface area contributed by atoms with E-state index in [0.717, 1.165) is 37.0 Å². The lowest BCUT2D eigenvalue weighted by atomic mass is 9.99. The molecular formula is C19H33N5O2S. The Morgan fingerprint density at radius 1 is 1.19 bits per heavy atom. The second-order valence-electron chi connectivity index (χ2n) is 7.08. The van der Waals surface area contributed by atoms with E-state index in [0.29, 0.717) is 6.54 Å². The van der Waals surface area contributed by atoms with Gasteiger partial charge in [0.25, 0.3) is 0 Å². The molecule has 0 atom stereocenters. The first-order valence-corrected chi connectivity index (χ1v) is 11.1. The summed E-state index contributed by atoms with van der Waals surface area (Å²) in [7, 11) is -0.226. The molecule has 0 amide bonds. The summed E-state index contributed by atoms with van der Waals surface area (Å²) in [6.45, 7) is 7.36. The lowest BCUT2D eigenvalue weighted by Crippen LogP contribution is -2.39. The molecule has 0 spiro atoms. The van der Waals surface area contributed by atoms with Crippen LogP contribution in [0.5, 0.6) is 0 Å². The molecule has 0 radical (unpaired) electrons. The third kappa shape index (κ3) is 7.12. The summed E-state index contributed by atoms with van der Waals surface area (Å²) in [5, 5.41) is 6.60. The van der Waals surface area contributed by atoms with Crippen LogP contribution in [0.25, 0.3) is 0 Å². The van der Waals surface area contributed by atoms with E-state index in [1.807, 2.05) is 12.1 Å². The Morgan fingerprint density at radius 3 is 2.44 bits per heavy atom. The smallest absolute Gasteiger partial charge is 0.240 e. The fourth-order valence-corrected chi connectivity index (χ4v) is 3.84. The Bertz CT molecular complexity index is 695. The molecule has 152 valence electrons. The number of hydrogen-bond acceptors (Lipinski definition) is 4. The van der Waals surface area contributed by atoms with Gasteiger partial charge in [0, 0.05) is 20.1 Å². The van der Waals surface area contributed by atoms with Gasteiger partial charge in [-0.15, -0.1) is 0 Å². The van der Waals surface area contributed by atoms with Gasteiger partial charge in [-0.1, -0.05) is 19.1 Å². The molecule has 3 N–H and O–H groups in total. The van der Waals surface area contributed by atoms with Gasteiger partial charge in [0.15, 0.2) is 5.96 Å². The lowest BCUT2D eigenvalue weighted by molar-refractivity contribution is 0.191. The number of hydrogen-bond donors (Lipinski definition) is 3. The molecule has 0 aromatic heterocycles. The Hall–Kier alpha value is -1.64. The molecule has 1 heterocycles. The minimum Gasteiger partial charge on any atom is -0.356 e. The van der Waals surface area contributed by atoms with Crippen LogP contribution in [-0.2, 0) is 16.6 Å². The zero-order chi connectivity index (χ0) is 19.7. The average Bonchev–Trinajstić information content (AvgIpc) is 2.69. The zero-order valence-electron chi connectivity index (χ0n) is 16.7. The van der Waals surface area contributed by atoms with Crippen molar-refractivity contribution in [1.29, 1.82) is 0 Å². The molecule has 2 rings (SSSR count). The molecule has 7 nitrogen and oxygen atoms in total. The summed E-state index contributed by atoms with van der Waals surface area (Å²) in [5.74, 6) is 1.63. The van der Waals surface area contributed by atoms with Crippen molar-refractivity contribution in [3.05, 3.63) is 29.8 Å². The van der Waals surface area contributed by atoms with Crippen molar-refractivity contribution in [2.45, 2.75) is 37.6 Å². The van der Waals surface area contributed by atoms with Crippen LogP contribution < -0.4 is 15.4 Å². The van der Waals surface area contributed by atoms with E-state index in [2.05, 4.69) is 32.2 Å². The van der Waals surface area contributed by atoms with Crippen LogP contribution in [-0.4, -0.2) is 59.6 Å². The quantitative estimate of drug-likeness (QED) is 0.352. The maximum atomic E-state index is 11.7. The fourth-order valence-electron chi connectivity index (χ4n) is 3.11. The number of nitrogens with one attached hydrogen (secondary N) is 3. The highest BCUT2D eigenvalue weighted by Crippen LogP contribution is 2.15. The minimum atomic E-state index is -3.39. The number of guanidine groups is 1. The predicted octanol–water partition coefficient (Wildman–Crippen LogP) is 1.38. The van der Waals surface area contributed by atoms with E-state index < -0.39 is 10.0 Å². The van der Waals surface area contributed by atoms with Crippen LogP contribution in [0.2, 0.25) is 0 Å². The first-order valence-electron chi connectivity index (χ1n) is 9.64. The summed E-state index contributed by atoms with van der Waals surface area (Å²) in [5.41, 5.74) is 0.996. The zero-order valence-corrected chi connectivity index (χ0v) is 17.5. The average molecular weight is 396 g/mol. The normalized spacial score (nSPS) is 17.1. The molecule has 1 saturated heterocycles. The van der Waals surface area contributed by atoms with Crippen LogP contribution in [0.3, 0.4) is 0 Å². The lowest BCUT2D eigenvalue weighted by Gasteiger charge is -2.30. The van der Waals surface area contributed by atoms with Crippen molar-refractivity contribution in [2.24, 2.45) is 10.9 Å². The van der Waals surface area contributed by atoms with Crippen LogP contribution in [0.1, 0.15) is 31.7 Å². The van der Waals surface area contributed by atoms with Crippen LogP contribution in [0.4, 0.5) is 0 Å². The van der Waals surface area contributed by atoms with Gasteiger partial charge in [0.05, 0.1) is 4.90 Å². The van der Waals surface area contributed by atoms with Gasteiger partial charge in [0.1, 0.15) is 0 Å². The predicted molar refractivity (Wildman–Crippen MR) is 110 cm³/mol. The number of sulfonamides is 1. The van der Waals surface area contributed by atoms with Crippen molar-refractivity contribution in [1.82, 2.24) is 20.3 Å². The van der Waals surface area contributed by atoms with E-state index in [9.17, 15) is 8.42 Å². The van der Waals surface area contributed by atoms with Crippen LogP contribution in [0.15, 0.2) is 34.2 Å². The number of nitrogens with zero attached hydrogens (tertiary/aromatic N) is 2. The van der Waals surface area contributed by atoms with Crippen molar-refractivity contribution >= 4 is 16.0 Å². The van der Waals surface area contributed by atoms with Crippen molar-refractivity contribution in [3.8, 4) is 0 Å². The molecule has 1 fully saturated rings. The molecule has 1 aromatic rings. The summed E-state index contributed by atoms with van der Waals surface area (Å²) < 4.78 is 25.8. The third-order valence-corrected chi connectivity index (χ3v) is 6.44. The van der Waals surface area contributed by atoms with Crippen molar-refractivity contribution < 1.29 is 8.42 Å². The van der Waals surface area contributed by atoms with Gasteiger partial charge < -0.3 is 15.5 Å². The fraction of sp³-hybridized carbons (Fsp3) is 0.632. The molecular weight excluding hydrogens is 362 g/mol. The molecule has 0 bridgehead atoms. The topological polar surface area (TPSA) is 85.8 Å². The van der Waals surface area contributed by atoms with E-state index in [1.54, 1.807) is 19.2 Å². The largest absolute Gasteiger partial charge is 0.356 e. The summed E-state index contributed by atoms with van der Waals surface area (Å²) >= 11 is 0. The number of benzene rings is 1.